The quantitative estimate of drug-likeness (QED) is 0.208. The summed E-state index contributed by atoms with van der Waals surface area (Å²) in [6.07, 6.45) is 1.88. The molecule has 0 aromatic rings. The second kappa shape index (κ2) is 10.0. The molecule has 0 amide bonds. The van der Waals surface area contributed by atoms with Gasteiger partial charge >= 0.3 is 5.97 Å². The Bertz CT molecular complexity index is 985. The Hall–Kier alpha value is -1.11. The second-order valence-electron chi connectivity index (χ2n) is 13.4. The van der Waals surface area contributed by atoms with Gasteiger partial charge in [0.15, 0.2) is 6.29 Å². The molecule has 0 unspecified atom stereocenters. The van der Waals surface area contributed by atoms with E-state index in [1.165, 1.54) is 0 Å². The van der Waals surface area contributed by atoms with E-state index in [9.17, 15) is 35.4 Å². The number of carbonyl (C=O) groups excluding carboxylic acids is 1. The van der Waals surface area contributed by atoms with Gasteiger partial charge in [0, 0.05) is 18.1 Å². The van der Waals surface area contributed by atoms with Crippen molar-refractivity contribution in [2.75, 3.05) is 19.8 Å². The molecule has 2 heterocycles. The molecular weight excluding hydrogens is 508 g/mol. The Morgan fingerprint density at radius 3 is 2.46 bits per heavy atom. The summed E-state index contributed by atoms with van der Waals surface area (Å²) in [4.78, 5) is 11.8. The third-order valence-electron chi connectivity index (χ3n) is 12.1. The van der Waals surface area contributed by atoms with E-state index < -0.39 is 42.9 Å². The molecule has 6 N–H and O–H groups in total. The van der Waals surface area contributed by atoms with Crippen LogP contribution in [0, 0.1) is 34.5 Å². The van der Waals surface area contributed by atoms with Crippen LogP contribution >= 0.6 is 0 Å². The molecule has 10 nitrogen and oxygen atoms in total. The number of aliphatic hydroxyl groups is 6. The summed E-state index contributed by atoms with van der Waals surface area (Å²) < 4.78 is 16.9. The first-order valence-corrected chi connectivity index (χ1v) is 14.7. The standard InChI is InChI=1S/C29H44O10/c1-27-7-5-19-20(29(27,36)9-6-18(27)15-10-22(32)37-13-15)3-2-16-11-17(4-8-28(16,19)14-31)38-26-25(35)24(34)23(33)21(12-30)39-26/h10,16-21,23-26,30-31,33-36H,2-9,11-14H2,1H3/t16-,17-,18+,19-,20+,21+,23+,24-,25+,26+,27+,28+,29-/m0/s1. The third-order valence-corrected chi connectivity index (χ3v) is 12.1. The molecule has 0 aromatic carbocycles. The van der Waals surface area contributed by atoms with Crippen molar-refractivity contribution in [1.29, 1.82) is 0 Å². The maximum absolute atomic E-state index is 12.4. The number of fused-ring (bicyclic) bond motifs is 5. The number of esters is 1. The van der Waals surface area contributed by atoms with Crippen molar-refractivity contribution < 1.29 is 49.6 Å². The largest absolute Gasteiger partial charge is 0.458 e. The summed E-state index contributed by atoms with van der Waals surface area (Å²) in [7, 11) is 0. The van der Waals surface area contributed by atoms with Gasteiger partial charge in [-0.15, -0.1) is 0 Å². The smallest absolute Gasteiger partial charge is 0.331 e. The maximum Gasteiger partial charge on any atom is 0.331 e. The normalized spacial score (nSPS) is 53.4. The molecular formula is C29H44O10. The first-order chi connectivity index (χ1) is 18.6. The van der Waals surface area contributed by atoms with Gasteiger partial charge in [-0.3, -0.25) is 0 Å². The molecule has 220 valence electrons. The zero-order chi connectivity index (χ0) is 27.7. The van der Waals surface area contributed by atoms with Crippen molar-refractivity contribution in [2.45, 2.75) is 107 Å². The Balaban J connectivity index is 1.18. The molecule has 4 aliphatic carbocycles. The van der Waals surface area contributed by atoms with E-state index in [0.717, 1.165) is 44.1 Å². The average Bonchev–Trinajstić information content (AvgIpc) is 3.48. The van der Waals surface area contributed by atoms with Crippen LogP contribution in [-0.4, -0.2) is 98.8 Å². The van der Waals surface area contributed by atoms with E-state index in [1.807, 2.05) is 0 Å². The van der Waals surface area contributed by atoms with Gasteiger partial charge in [0.1, 0.15) is 31.0 Å². The van der Waals surface area contributed by atoms with Crippen molar-refractivity contribution in [3.63, 3.8) is 0 Å². The van der Waals surface area contributed by atoms with Gasteiger partial charge in [0.25, 0.3) is 0 Å². The topological polar surface area (TPSA) is 166 Å². The molecule has 0 aromatic heterocycles. The fourth-order valence-corrected chi connectivity index (χ4v) is 9.97. The monoisotopic (exact) mass is 552 g/mol. The van der Waals surface area contributed by atoms with Crippen molar-refractivity contribution >= 4 is 5.97 Å². The lowest BCUT2D eigenvalue weighted by molar-refractivity contribution is -0.317. The van der Waals surface area contributed by atoms with E-state index in [-0.39, 0.29) is 53.2 Å². The van der Waals surface area contributed by atoms with Gasteiger partial charge in [-0.05, 0) is 92.4 Å². The van der Waals surface area contributed by atoms with Crippen LogP contribution in [0.3, 0.4) is 0 Å². The average molecular weight is 553 g/mol. The number of hydrogen-bond donors (Lipinski definition) is 6. The Morgan fingerprint density at radius 1 is 0.974 bits per heavy atom. The number of carbonyl (C=O) groups is 1. The maximum atomic E-state index is 12.4. The molecule has 5 fully saturated rings. The molecule has 0 bridgehead atoms. The number of aliphatic hydroxyl groups excluding tert-OH is 5. The van der Waals surface area contributed by atoms with Crippen LogP contribution in [0.4, 0.5) is 0 Å². The first kappa shape index (κ1) is 28.0. The van der Waals surface area contributed by atoms with Crippen LogP contribution in [0.15, 0.2) is 11.6 Å². The lowest BCUT2D eigenvalue weighted by Crippen LogP contribution is -2.64. The highest BCUT2D eigenvalue weighted by Gasteiger charge is 2.68. The van der Waals surface area contributed by atoms with E-state index >= 15 is 0 Å². The van der Waals surface area contributed by atoms with Crippen LogP contribution < -0.4 is 0 Å². The third kappa shape index (κ3) is 4.08. The predicted octanol–water partition coefficient (Wildman–Crippen LogP) is 0.401. The molecule has 2 aliphatic heterocycles. The zero-order valence-corrected chi connectivity index (χ0v) is 22.7. The van der Waals surface area contributed by atoms with Crippen LogP contribution in [0.1, 0.15) is 64.7 Å². The minimum Gasteiger partial charge on any atom is -0.458 e. The molecule has 10 heteroatoms. The molecule has 0 spiro atoms. The van der Waals surface area contributed by atoms with Crippen molar-refractivity contribution in [3.8, 4) is 0 Å². The molecule has 1 saturated heterocycles. The van der Waals surface area contributed by atoms with Gasteiger partial charge in [-0.1, -0.05) is 6.92 Å². The lowest BCUT2D eigenvalue weighted by Gasteiger charge is -2.64. The van der Waals surface area contributed by atoms with Crippen LogP contribution in [-0.2, 0) is 19.0 Å². The molecule has 6 aliphatic rings. The van der Waals surface area contributed by atoms with Gasteiger partial charge in [0.05, 0.1) is 18.3 Å². The van der Waals surface area contributed by atoms with Crippen LogP contribution in [0.5, 0.6) is 0 Å². The second-order valence-corrected chi connectivity index (χ2v) is 13.4. The minimum absolute atomic E-state index is 0.0509. The lowest BCUT2D eigenvalue weighted by atomic mass is 9.43. The van der Waals surface area contributed by atoms with Gasteiger partial charge in [0.2, 0.25) is 0 Å². The zero-order valence-electron chi connectivity index (χ0n) is 22.7. The minimum atomic E-state index is -1.48. The summed E-state index contributed by atoms with van der Waals surface area (Å²) in [5.74, 6) is 0.273. The molecule has 13 atom stereocenters. The molecule has 39 heavy (non-hydrogen) atoms. The Labute approximate surface area is 229 Å². The van der Waals surface area contributed by atoms with Gasteiger partial charge < -0.3 is 44.8 Å². The van der Waals surface area contributed by atoms with Crippen molar-refractivity contribution in [3.05, 3.63) is 11.6 Å². The van der Waals surface area contributed by atoms with E-state index in [0.29, 0.717) is 25.9 Å². The molecule has 4 saturated carbocycles. The molecule has 6 rings (SSSR count). The number of cyclic esters (lactones) is 1. The van der Waals surface area contributed by atoms with Gasteiger partial charge in [-0.2, -0.15) is 0 Å². The predicted molar refractivity (Wildman–Crippen MR) is 136 cm³/mol. The highest BCUT2D eigenvalue weighted by atomic mass is 16.7. The van der Waals surface area contributed by atoms with Gasteiger partial charge in [-0.25, -0.2) is 4.79 Å². The van der Waals surface area contributed by atoms with Crippen molar-refractivity contribution in [1.82, 2.24) is 0 Å². The Kier molecular flexibility index (Phi) is 7.20. The summed E-state index contributed by atoms with van der Waals surface area (Å²) in [6.45, 7) is 2.06. The van der Waals surface area contributed by atoms with Crippen LogP contribution in [0.2, 0.25) is 0 Å². The summed E-state index contributed by atoms with van der Waals surface area (Å²) >= 11 is 0. The van der Waals surface area contributed by atoms with E-state index in [1.54, 1.807) is 6.08 Å². The van der Waals surface area contributed by atoms with E-state index in [4.69, 9.17) is 14.2 Å². The highest BCUT2D eigenvalue weighted by molar-refractivity contribution is 5.85. The van der Waals surface area contributed by atoms with Crippen molar-refractivity contribution in [2.24, 2.45) is 34.5 Å². The SMILES string of the molecule is C[C@]12CC[C@H]3[C@@H](CC[C@H]4C[C@@H](O[C@@H]5O[C@H](CO)[C@@H](O)[C@H](O)[C@H]5O)CC[C@@]43CO)[C@@]1(O)CC[C@@H]2C1=CC(=O)OC1. The number of hydrogen-bond acceptors (Lipinski definition) is 10. The summed E-state index contributed by atoms with van der Waals surface area (Å²) in [5, 5.41) is 63.5. The first-order valence-electron chi connectivity index (χ1n) is 14.7. The fourth-order valence-electron chi connectivity index (χ4n) is 9.97. The number of rotatable bonds is 5. The van der Waals surface area contributed by atoms with E-state index in [2.05, 4.69) is 6.92 Å². The summed E-state index contributed by atoms with van der Waals surface area (Å²) in [6, 6.07) is 0. The molecule has 0 radical (unpaired) electrons. The summed E-state index contributed by atoms with van der Waals surface area (Å²) in [5.41, 5.74) is -0.502. The Morgan fingerprint density at radius 2 is 1.77 bits per heavy atom. The van der Waals surface area contributed by atoms with Crippen LogP contribution in [0.25, 0.3) is 0 Å². The fraction of sp³-hybridized carbons (Fsp3) is 0.897. The number of ether oxygens (including phenoxy) is 3. The highest BCUT2D eigenvalue weighted by Crippen LogP contribution is 2.70.